The molecule has 3 aromatic carbocycles. The lowest BCUT2D eigenvalue weighted by molar-refractivity contribution is -0.117. The van der Waals surface area contributed by atoms with E-state index in [1.165, 1.54) is 0 Å². The first-order chi connectivity index (χ1) is 17.5. The Hall–Kier alpha value is -3.81. The van der Waals surface area contributed by atoms with Crippen molar-refractivity contribution in [1.29, 1.82) is 0 Å². The lowest BCUT2D eigenvalue weighted by Crippen LogP contribution is -2.36. The van der Waals surface area contributed by atoms with Crippen LogP contribution in [0.1, 0.15) is 28.4 Å². The van der Waals surface area contributed by atoms with Crippen molar-refractivity contribution >= 4 is 29.5 Å². The van der Waals surface area contributed by atoms with E-state index in [4.69, 9.17) is 26.2 Å². The van der Waals surface area contributed by atoms with Gasteiger partial charge in [-0.1, -0.05) is 35.9 Å². The van der Waals surface area contributed by atoms with Crippen LogP contribution in [0.15, 0.2) is 78.5 Å². The number of amides is 2. The molecule has 0 radical (unpaired) electrons. The Balaban J connectivity index is 1.63. The SMILES string of the molecule is CCOc1ccc(/C=C(\NC(=O)c2ccc(OCCc3ccc(Cl)cc3)cc2)C(=O)NCCO)cc1. The molecule has 0 aromatic heterocycles. The minimum atomic E-state index is -0.506. The molecule has 7 nitrogen and oxygen atoms in total. The van der Waals surface area contributed by atoms with Gasteiger partial charge in [-0.2, -0.15) is 0 Å². The second kappa shape index (κ2) is 13.9. The number of rotatable bonds is 12. The summed E-state index contributed by atoms with van der Waals surface area (Å²) >= 11 is 5.91. The van der Waals surface area contributed by atoms with Crippen molar-refractivity contribution in [2.24, 2.45) is 0 Å². The van der Waals surface area contributed by atoms with E-state index < -0.39 is 11.8 Å². The molecule has 8 heteroatoms. The summed E-state index contributed by atoms with van der Waals surface area (Å²) in [7, 11) is 0. The molecule has 3 N–H and O–H groups in total. The van der Waals surface area contributed by atoms with Crippen LogP contribution in [-0.4, -0.2) is 43.3 Å². The Kier molecular flexibility index (Phi) is 10.4. The van der Waals surface area contributed by atoms with E-state index in [-0.39, 0.29) is 18.8 Å². The van der Waals surface area contributed by atoms with Crippen molar-refractivity contribution in [3.05, 3.63) is 100 Å². The second-order valence-electron chi connectivity index (χ2n) is 7.74. The largest absolute Gasteiger partial charge is 0.494 e. The average Bonchev–Trinajstić information content (AvgIpc) is 2.89. The minimum absolute atomic E-state index is 0.0564. The van der Waals surface area contributed by atoms with Gasteiger partial charge >= 0.3 is 0 Å². The molecule has 188 valence electrons. The van der Waals surface area contributed by atoms with Crippen LogP contribution in [0.3, 0.4) is 0 Å². The van der Waals surface area contributed by atoms with E-state index >= 15 is 0 Å². The van der Waals surface area contributed by atoms with Crippen molar-refractivity contribution in [3.8, 4) is 11.5 Å². The predicted molar refractivity (Wildman–Crippen MR) is 140 cm³/mol. The lowest BCUT2D eigenvalue weighted by Gasteiger charge is -2.12. The first-order valence-corrected chi connectivity index (χ1v) is 12.0. The standard InChI is InChI=1S/C28H29ClN2O5/c1-2-35-24-11-5-21(6-12-24)19-26(28(34)30-16-17-32)31-27(33)22-7-13-25(14-8-22)36-18-15-20-3-9-23(29)10-4-20/h3-14,19,32H,2,15-18H2,1H3,(H,30,34)(H,31,33)/b26-19-. The van der Waals surface area contributed by atoms with Crippen LogP contribution in [0.25, 0.3) is 6.08 Å². The van der Waals surface area contributed by atoms with Crippen molar-refractivity contribution in [3.63, 3.8) is 0 Å². The number of halogens is 1. The van der Waals surface area contributed by atoms with Crippen LogP contribution >= 0.6 is 11.6 Å². The van der Waals surface area contributed by atoms with E-state index in [0.29, 0.717) is 40.9 Å². The highest BCUT2D eigenvalue weighted by Crippen LogP contribution is 2.16. The van der Waals surface area contributed by atoms with Crippen molar-refractivity contribution in [2.45, 2.75) is 13.3 Å². The van der Waals surface area contributed by atoms with Crippen LogP contribution in [0.2, 0.25) is 5.02 Å². The molecule has 0 fully saturated rings. The third-order valence-electron chi connectivity index (χ3n) is 5.08. The van der Waals surface area contributed by atoms with Crippen LogP contribution in [0, 0.1) is 0 Å². The first-order valence-electron chi connectivity index (χ1n) is 11.6. The summed E-state index contributed by atoms with van der Waals surface area (Å²) in [5, 5.41) is 15.0. The summed E-state index contributed by atoms with van der Waals surface area (Å²) in [6.45, 7) is 2.78. The maximum Gasteiger partial charge on any atom is 0.267 e. The molecule has 0 atom stereocenters. The van der Waals surface area contributed by atoms with Gasteiger partial charge in [-0.3, -0.25) is 9.59 Å². The zero-order valence-electron chi connectivity index (χ0n) is 20.0. The highest BCUT2D eigenvalue weighted by molar-refractivity contribution is 6.30. The first kappa shape index (κ1) is 26.8. The van der Waals surface area contributed by atoms with Crippen molar-refractivity contribution < 1.29 is 24.2 Å². The van der Waals surface area contributed by atoms with Gasteiger partial charge in [-0.15, -0.1) is 0 Å². The fraction of sp³-hybridized carbons (Fsp3) is 0.214. The highest BCUT2D eigenvalue weighted by atomic mass is 35.5. The summed E-state index contributed by atoms with van der Waals surface area (Å²) in [6, 6.07) is 21.4. The molecule has 0 aliphatic heterocycles. The molecule has 0 saturated heterocycles. The molecule has 0 spiro atoms. The number of benzene rings is 3. The van der Waals surface area contributed by atoms with E-state index in [1.54, 1.807) is 54.6 Å². The van der Waals surface area contributed by atoms with E-state index in [1.807, 2.05) is 31.2 Å². The van der Waals surface area contributed by atoms with Crippen LogP contribution in [0.4, 0.5) is 0 Å². The summed E-state index contributed by atoms with van der Waals surface area (Å²) in [5.74, 6) is 0.388. The Morgan fingerprint density at radius 3 is 2.19 bits per heavy atom. The zero-order chi connectivity index (χ0) is 25.8. The van der Waals surface area contributed by atoms with Crippen LogP contribution < -0.4 is 20.1 Å². The normalized spacial score (nSPS) is 11.0. The van der Waals surface area contributed by atoms with Gasteiger partial charge in [0.05, 0.1) is 19.8 Å². The van der Waals surface area contributed by atoms with Crippen LogP contribution in [-0.2, 0) is 11.2 Å². The second-order valence-corrected chi connectivity index (χ2v) is 8.18. The molecule has 0 saturated carbocycles. The summed E-state index contributed by atoms with van der Waals surface area (Å²) in [6.07, 6.45) is 2.29. The fourth-order valence-corrected chi connectivity index (χ4v) is 3.38. The van der Waals surface area contributed by atoms with E-state index in [0.717, 1.165) is 12.0 Å². The molecule has 0 bridgehead atoms. The van der Waals surface area contributed by atoms with E-state index in [9.17, 15) is 9.59 Å². The van der Waals surface area contributed by atoms with Crippen molar-refractivity contribution in [1.82, 2.24) is 10.6 Å². The highest BCUT2D eigenvalue weighted by Gasteiger charge is 2.15. The Morgan fingerprint density at radius 2 is 1.56 bits per heavy atom. The molecular weight excluding hydrogens is 480 g/mol. The van der Waals surface area contributed by atoms with Gasteiger partial charge in [-0.05, 0) is 72.7 Å². The van der Waals surface area contributed by atoms with Gasteiger partial charge in [-0.25, -0.2) is 0 Å². The number of hydrogen-bond donors (Lipinski definition) is 3. The fourth-order valence-electron chi connectivity index (χ4n) is 3.25. The van der Waals surface area contributed by atoms with Gasteiger partial charge in [0.25, 0.3) is 11.8 Å². The van der Waals surface area contributed by atoms with Gasteiger partial charge in [0, 0.05) is 23.6 Å². The predicted octanol–water partition coefficient (Wildman–Crippen LogP) is 4.24. The third kappa shape index (κ3) is 8.45. The topological polar surface area (TPSA) is 96.9 Å². The number of hydrogen-bond acceptors (Lipinski definition) is 5. The molecule has 0 aliphatic carbocycles. The van der Waals surface area contributed by atoms with Crippen molar-refractivity contribution in [2.75, 3.05) is 26.4 Å². The average molecular weight is 509 g/mol. The van der Waals surface area contributed by atoms with Gasteiger partial charge < -0.3 is 25.2 Å². The molecule has 0 unspecified atom stereocenters. The van der Waals surface area contributed by atoms with E-state index in [2.05, 4.69) is 10.6 Å². The number of nitrogens with one attached hydrogen (secondary N) is 2. The Morgan fingerprint density at radius 1 is 0.917 bits per heavy atom. The Labute approximate surface area is 215 Å². The maximum atomic E-state index is 12.8. The smallest absolute Gasteiger partial charge is 0.267 e. The molecule has 3 rings (SSSR count). The summed E-state index contributed by atoms with van der Waals surface area (Å²) in [4.78, 5) is 25.4. The molecule has 2 amide bonds. The molecular formula is C28H29ClN2O5. The number of carbonyl (C=O) groups excluding carboxylic acids is 2. The Bertz CT molecular complexity index is 1160. The molecule has 0 heterocycles. The monoisotopic (exact) mass is 508 g/mol. The number of aliphatic hydroxyl groups is 1. The lowest BCUT2D eigenvalue weighted by atomic mass is 10.1. The molecule has 36 heavy (non-hydrogen) atoms. The summed E-state index contributed by atoms with van der Waals surface area (Å²) < 4.78 is 11.2. The maximum absolute atomic E-state index is 12.8. The van der Waals surface area contributed by atoms with Crippen LogP contribution in [0.5, 0.6) is 11.5 Å². The zero-order valence-corrected chi connectivity index (χ0v) is 20.8. The molecule has 0 aliphatic rings. The quantitative estimate of drug-likeness (QED) is 0.318. The number of carbonyl (C=O) groups is 2. The van der Waals surface area contributed by atoms with Gasteiger partial charge in [0.2, 0.25) is 0 Å². The molecule has 3 aromatic rings. The number of ether oxygens (including phenoxy) is 2. The number of aliphatic hydroxyl groups excluding tert-OH is 1. The summed E-state index contributed by atoms with van der Waals surface area (Å²) in [5.41, 5.74) is 2.24. The third-order valence-corrected chi connectivity index (χ3v) is 5.33. The van der Waals surface area contributed by atoms with Gasteiger partial charge in [0.1, 0.15) is 17.2 Å². The van der Waals surface area contributed by atoms with Gasteiger partial charge in [0.15, 0.2) is 0 Å². The minimum Gasteiger partial charge on any atom is -0.494 e.